The third kappa shape index (κ3) is 5.63. The lowest BCUT2D eigenvalue weighted by molar-refractivity contribution is 0.307. The van der Waals surface area contributed by atoms with Crippen molar-refractivity contribution in [3.63, 3.8) is 0 Å². The van der Waals surface area contributed by atoms with Crippen molar-refractivity contribution in [3.05, 3.63) is 0 Å². The van der Waals surface area contributed by atoms with E-state index in [0.717, 1.165) is 0 Å². The predicted octanol–water partition coefficient (Wildman–Crippen LogP) is 0.706. The van der Waals surface area contributed by atoms with Crippen LogP contribution in [-0.4, -0.2) is 24.5 Å². The van der Waals surface area contributed by atoms with Gasteiger partial charge < -0.3 is 5.11 Å². The van der Waals surface area contributed by atoms with Crippen molar-refractivity contribution in [1.29, 1.82) is 0 Å². The van der Waals surface area contributed by atoms with Gasteiger partial charge in [0.25, 0.3) is 0 Å². The molecule has 8 heavy (non-hydrogen) atoms. The molecule has 0 aromatic carbocycles. The van der Waals surface area contributed by atoms with E-state index in [-0.39, 0.29) is 6.61 Å². The molecule has 1 N–H and O–H groups in total. The van der Waals surface area contributed by atoms with E-state index in [0.29, 0.717) is 12.5 Å². The van der Waals surface area contributed by atoms with Gasteiger partial charge in [-0.25, -0.2) is 0 Å². The number of aliphatic hydroxyl groups is 1. The fraction of sp³-hybridized carbons (Fsp3) is 0.833. The smallest absolute Gasteiger partial charge is 0.0626 e. The van der Waals surface area contributed by atoms with Crippen LogP contribution in [0.25, 0.3) is 0 Å². The standard InChI is InChI=1S/C6H13NO/c1-6(2)5-7-3-4-8/h5-6,8H,3-4H2,1-2H3/b7-5+. The molecule has 0 fully saturated rings. The van der Waals surface area contributed by atoms with Gasteiger partial charge in [-0.15, -0.1) is 0 Å². The molecule has 2 nitrogen and oxygen atoms in total. The summed E-state index contributed by atoms with van der Waals surface area (Å²) in [4.78, 5) is 3.91. The van der Waals surface area contributed by atoms with E-state index in [9.17, 15) is 0 Å². The highest BCUT2D eigenvalue weighted by atomic mass is 16.3. The van der Waals surface area contributed by atoms with Crippen LogP contribution in [-0.2, 0) is 0 Å². The molecule has 2 heteroatoms. The number of rotatable bonds is 3. The molecular weight excluding hydrogens is 102 g/mol. The van der Waals surface area contributed by atoms with Crippen LogP contribution in [0, 0.1) is 5.92 Å². The zero-order chi connectivity index (χ0) is 6.41. The van der Waals surface area contributed by atoms with E-state index in [1.54, 1.807) is 0 Å². The van der Waals surface area contributed by atoms with Gasteiger partial charge in [0.05, 0.1) is 13.2 Å². The minimum atomic E-state index is 0.156. The predicted molar refractivity (Wildman–Crippen MR) is 35.3 cm³/mol. The van der Waals surface area contributed by atoms with Crippen molar-refractivity contribution in [3.8, 4) is 0 Å². The van der Waals surface area contributed by atoms with E-state index in [4.69, 9.17) is 5.11 Å². The maximum absolute atomic E-state index is 8.27. The van der Waals surface area contributed by atoms with Gasteiger partial charge in [-0.2, -0.15) is 0 Å². The minimum absolute atomic E-state index is 0.156. The Labute approximate surface area is 50.3 Å². The van der Waals surface area contributed by atoms with E-state index in [1.165, 1.54) is 0 Å². The van der Waals surface area contributed by atoms with Gasteiger partial charge in [0.1, 0.15) is 0 Å². The third-order valence-corrected chi connectivity index (χ3v) is 0.633. The van der Waals surface area contributed by atoms with Crippen LogP contribution >= 0.6 is 0 Å². The minimum Gasteiger partial charge on any atom is -0.394 e. The van der Waals surface area contributed by atoms with Crippen molar-refractivity contribution in [1.82, 2.24) is 0 Å². The topological polar surface area (TPSA) is 32.6 Å². The number of aliphatic hydroxyl groups excluding tert-OH is 1. The van der Waals surface area contributed by atoms with Gasteiger partial charge in [0.2, 0.25) is 0 Å². The van der Waals surface area contributed by atoms with Crippen LogP contribution in [0.5, 0.6) is 0 Å². The van der Waals surface area contributed by atoms with Crippen molar-refractivity contribution in [2.75, 3.05) is 13.2 Å². The van der Waals surface area contributed by atoms with Gasteiger partial charge in [0, 0.05) is 6.21 Å². The fourth-order valence-corrected chi connectivity index (χ4v) is 0.343. The average Bonchev–Trinajstić information content (AvgIpc) is 1.66. The first-order valence-corrected chi connectivity index (χ1v) is 2.88. The number of hydrogen-bond donors (Lipinski definition) is 1. The molecule has 0 heterocycles. The van der Waals surface area contributed by atoms with Crippen LogP contribution in [0.3, 0.4) is 0 Å². The Balaban J connectivity index is 3.07. The van der Waals surface area contributed by atoms with E-state index in [1.807, 2.05) is 6.21 Å². The summed E-state index contributed by atoms with van der Waals surface area (Å²) in [5.74, 6) is 0.501. The molecular formula is C6H13NO. The van der Waals surface area contributed by atoms with Gasteiger partial charge >= 0.3 is 0 Å². The normalized spacial score (nSPS) is 11.5. The molecule has 0 saturated heterocycles. The van der Waals surface area contributed by atoms with Crippen molar-refractivity contribution >= 4 is 6.21 Å². The molecule has 0 aromatic heterocycles. The highest BCUT2D eigenvalue weighted by molar-refractivity contribution is 5.59. The molecule has 0 aliphatic heterocycles. The molecule has 0 aliphatic rings. The second kappa shape index (κ2) is 4.78. The number of hydrogen-bond acceptors (Lipinski definition) is 2. The highest BCUT2D eigenvalue weighted by Crippen LogP contribution is 1.83. The summed E-state index contributed by atoms with van der Waals surface area (Å²) in [6.07, 6.45) is 1.84. The Bertz CT molecular complexity index is 68.9. The zero-order valence-corrected chi connectivity index (χ0v) is 5.46. The van der Waals surface area contributed by atoms with Crippen molar-refractivity contribution in [2.45, 2.75) is 13.8 Å². The summed E-state index contributed by atoms with van der Waals surface area (Å²) in [5, 5.41) is 8.27. The number of nitrogens with zero attached hydrogens (tertiary/aromatic N) is 1. The Hall–Kier alpha value is -0.370. The van der Waals surface area contributed by atoms with Gasteiger partial charge in [-0.05, 0) is 5.92 Å². The Morgan fingerprint density at radius 1 is 1.62 bits per heavy atom. The van der Waals surface area contributed by atoms with Crippen LogP contribution in [0.2, 0.25) is 0 Å². The largest absolute Gasteiger partial charge is 0.394 e. The molecule has 48 valence electrons. The maximum atomic E-state index is 8.27. The number of aliphatic imine (C=N–C) groups is 1. The Morgan fingerprint density at radius 3 is 2.62 bits per heavy atom. The van der Waals surface area contributed by atoms with Crippen LogP contribution in [0.4, 0.5) is 0 Å². The lowest BCUT2D eigenvalue weighted by Gasteiger charge is -1.90. The fourth-order valence-electron chi connectivity index (χ4n) is 0.343. The SMILES string of the molecule is CC(C)/C=N/CCO. The molecule has 0 unspecified atom stereocenters. The quantitative estimate of drug-likeness (QED) is 0.540. The molecule has 0 atom stereocenters. The molecule has 0 rings (SSSR count). The van der Waals surface area contributed by atoms with Crippen LogP contribution < -0.4 is 0 Å². The summed E-state index contributed by atoms with van der Waals surface area (Å²) >= 11 is 0. The second-order valence-electron chi connectivity index (χ2n) is 2.02. The first-order valence-electron chi connectivity index (χ1n) is 2.88. The third-order valence-electron chi connectivity index (χ3n) is 0.633. The summed E-state index contributed by atoms with van der Waals surface area (Å²) in [6.45, 7) is 4.81. The Morgan fingerprint density at radius 2 is 2.25 bits per heavy atom. The highest BCUT2D eigenvalue weighted by Gasteiger charge is 1.81. The van der Waals surface area contributed by atoms with Crippen molar-refractivity contribution < 1.29 is 5.11 Å². The monoisotopic (exact) mass is 115 g/mol. The second-order valence-corrected chi connectivity index (χ2v) is 2.02. The molecule has 0 aromatic rings. The summed E-state index contributed by atoms with van der Waals surface area (Å²) < 4.78 is 0. The molecule has 0 aliphatic carbocycles. The van der Waals surface area contributed by atoms with E-state index in [2.05, 4.69) is 18.8 Å². The van der Waals surface area contributed by atoms with E-state index >= 15 is 0 Å². The van der Waals surface area contributed by atoms with Crippen LogP contribution in [0.1, 0.15) is 13.8 Å². The van der Waals surface area contributed by atoms with E-state index < -0.39 is 0 Å². The lowest BCUT2D eigenvalue weighted by atomic mass is 10.2. The summed E-state index contributed by atoms with van der Waals surface area (Å²) in [5.41, 5.74) is 0. The first-order chi connectivity index (χ1) is 3.77. The average molecular weight is 115 g/mol. The summed E-state index contributed by atoms with van der Waals surface area (Å²) in [6, 6.07) is 0. The molecule has 0 saturated carbocycles. The zero-order valence-electron chi connectivity index (χ0n) is 5.46. The molecule has 0 bridgehead atoms. The maximum Gasteiger partial charge on any atom is 0.0626 e. The first kappa shape index (κ1) is 7.63. The molecule has 0 amide bonds. The van der Waals surface area contributed by atoms with Gasteiger partial charge in [-0.1, -0.05) is 13.8 Å². The van der Waals surface area contributed by atoms with Gasteiger partial charge in [-0.3, -0.25) is 4.99 Å². The molecule has 0 spiro atoms. The Kier molecular flexibility index (Phi) is 4.56. The van der Waals surface area contributed by atoms with Gasteiger partial charge in [0.15, 0.2) is 0 Å². The summed E-state index contributed by atoms with van der Waals surface area (Å²) in [7, 11) is 0. The lowest BCUT2D eigenvalue weighted by Crippen LogP contribution is -1.92. The molecule has 0 radical (unpaired) electrons. The van der Waals surface area contributed by atoms with Crippen LogP contribution in [0.15, 0.2) is 4.99 Å². The van der Waals surface area contributed by atoms with Crippen molar-refractivity contribution in [2.24, 2.45) is 10.9 Å².